The van der Waals surface area contributed by atoms with E-state index in [2.05, 4.69) is 62.5 Å². The van der Waals surface area contributed by atoms with E-state index in [1.807, 2.05) is 12.1 Å². The van der Waals surface area contributed by atoms with Gasteiger partial charge in [0.25, 0.3) is 0 Å². The maximum atomic E-state index is 10.6. The smallest absolute Gasteiger partial charge is 0.327 e. The van der Waals surface area contributed by atoms with E-state index in [0.29, 0.717) is 19.1 Å². The summed E-state index contributed by atoms with van der Waals surface area (Å²) in [5, 5.41) is 33.7. The summed E-state index contributed by atoms with van der Waals surface area (Å²) in [5.74, 6) is -0.0326. The van der Waals surface area contributed by atoms with Crippen molar-refractivity contribution in [2.75, 3.05) is 13.2 Å². The van der Waals surface area contributed by atoms with E-state index in [9.17, 15) is 15.0 Å². The van der Waals surface area contributed by atoms with Gasteiger partial charge in [-0.05, 0) is 92.5 Å². The fraction of sp³-hybridized carbons (Fsp3) is 0.406. The highest BCUT2D eigenvalue weighted by atomic mass is 16.5. The fourth-order valence-electron chi connectivity index (χ4n) is 4.56. The van der Waals surface area contributed by atoms with Gasteiger partial charge in [0.15, 0.2) is 0 Å². The number of phenols is 1. The molecule has 0 saturated heterocycles. The van der Waals surface area contributed by atoms with Crippen molar-refractivity contribution in [1.29, 1.82) is 0 Å². The number of phenolic OH excluding ortho intramolecular Hbond substituents is 1. The molecule has 0 aromatic heterocycles. The number of aryl methyl sites for hydroxylation is 1. The highest BCUT2D eigenvalue weighted by molar-refractivity contribution is 5.84. The van der Waals surface area contributed by atoms with Crippen molar-refractivity contribution in [3.63, 3.8) is 0 Å². The molecular formula is C32H41NO5. The van der Waals surface area contributed by atoms with Crippen LogP contribution in [0.2, 0.25) is 0 Å². The van der Waals surface area contributed by atoms with Crippen LogP contribution >= 0.6 is 0 Å². The van der Waals surface area contributed by atoms with Crippen LogP contribution in [0.1, 0.15) is 56.4 Å². The van der Waals surface area contributed by atoms with E-state index in [0.717, 1.165) is 23.3 Å². The molecule has 0 bridgehead atoms. The first-order valence-electron chi connectivity index (χ1n) is 13.3. The zero-order valence-corrected chi connectivity index (χ0v) is 22.9. The molecule has 1 fully saturated rings. The number of hydrogen-bond acceptors (Lipinski definition) is 5. The molecule has 0 spiro atoms. The summed E-state index contributed by atoms with van der Waals surface area (Å²) in [6, 6.07) is 20.2. The third kappa shape index (κ3) is 9.28. The van der Waals surface area contributed by atoms with Gasteiger partial charge in [0.05, 0.1) is 18.8 Å². The van der Waals surface area contributed by atoms with Crippen LogP contribution in [0.5, 0.6) is 5.75 Å². The Morgan fingerprint density at radius 1 is 1.11 bits per heavy atom. The predicted molar refractivity (Wildman–Crippen MR) is 152 cm³/mol. The number of allylic oxidation sites excluding steroid dienone is 1. The lowest BCUT2D eigenvalue weighted by Crippen LogP contribution is -2.46. The second-order valence-corrected chi connectivity index (χ2v) is 10.7. The lowest BCUT2D eigenvalue weighted by molar-refractivity contribution is -0.131. The lowest BCUT2D eigenvalue weighted by Gasteiger charge is -2.29. The normalized spacial score (nSPS) is 15.2. The lowest BCUT2D eigenvalue weighted by atomic mass is 9.93. The van der Waals surface area contributed by atoms with Crippen molar-refractivity contribution in [3.05, 3.63) is 89.5 Å². The Bertz CT molecular complexity index is 1230. The van der Waals surface area contributed by atoms with Gasteiger partial charge < -0.3 is 25.4 Å². The summed E-state index contributed by atoms with van der Waals surface area (Å²) in [5.41, 5.74) is 3.56. The molecule has 1 aliphatic carbocycles. The number of aliphatic hydroxyl groups is 1. The van der Waals surface area contributed by atoms with Crippen LogP contribution in [-0.4, -0.2) is 46.1 Å². The highest BCUT2D eigenvalue weighted by Gasteiger charge is 2.34. The van der Waals surface area contributed by atoms with E-state index in [1.165, 1.54) is 35.6 Å². The summed E-state index contributed by atoms with van der Waals surface area (Å²) in [6.45, 7) is 8.92. The molecule has 1 aliphatic rings. The SMILES string of the molecule is C/C=C/C(=O)O.Cc1ccccc1[C@H](OC[C@H](O)CNC(C)(C)Cc1ccc2cc(O)ccc2c1)C1CC1. The number of carboxylic acid groups (broad SMARTS) is 1. The predicted octanol–water partition coefficient (Wildman–Crippen LogP) is 5.94. The van der Waals surface area contributed by atoms with E-state index < -0.39 is 12.1 Å². The molecule has 0 radical (unpaired) electrons. The summed E-state index contributed by atoms with van der Waals surface area (Å²) < 4.78 is 6.23. The van der Waals surface area contributed by atoms with E-state index in [1.54, 1.807) is 19.1 Å². The van der Waals surface area contributed by atoms with Gasteiger partial charge in [0.1, 0.15) is 5.75 Å². The van der Waals surface area contributed by atoms with Crippen LogP contribution in [0, 0.1) is 12.8 Å². The van der Waals surface area contributed by atoms with Crippen molar-refractivity contribution >= 4 is 16.7 Å². The number of carboxylic acids is 1. The Balaban J connectivity index is 0.000000599. The van der Waals surface area contributed by atoms with Crippen molar-refractivity contribution in [2.24, 2.45) is 5.92 Å². The van der Waals surface area contributed by atoms with Crippen LogP contribution in [0.4, 0.5) is 0 Å². The second kappa shape index (κ2) is 13.6. The second-order valence-electron chi connectivity index (χ2n) is 10.7. The van der Waals surface area contributed by atoms with Gasteiger partial charge in [-0.15, -0.1) is 0 Å². The highest BCUT2D eigenvalue weighted by Crippen LogP contribution is 2.44. The van der Waals surface area contributed by atoms with Crippen molar-refractivity contribution < 1.29 is 24.9 Å². The molecule has 0 heterocycles. The molecule has 204 valence electrons. The van der Waals surface area contributed by atoms with E-state index in [-0.39, 0.29) is 17.4 Å². The standard InChI is InChI=1S/C28H35NO3.C4H6O2/c1-19-6-4-5-7-26(19)27(21-10-11-21)32-18-25(31)17-29-28(2,3)16-20-8-9-23-15-24(30)13-12-22(23)14-20;1-2-3-4(5)6/h4-9,12-15,21,25,27,29-31H,10-11,16-18H2,1-3H3;2-3H,1H3,(H,5,6)/b;3-2+/t25-,27-;/m1./s1. The summed E-state index contributed by atoms with van der Waals surface area (Å²) >= 11 is 0. The number of aliphatic hydroxyl groups excluding tert-OH is 1. The van der Waals surface area contributed by atoms with E-state index >= 15 is 0 Å². The van der Waals surface area contributed by atoms with E-state index in [4.69, 9.17) is 9.84 Å². The molecule has 3 aromatic rings. The molecule has 1 saturated carbocycles. The quantitative estimate of drug-likeness (QED) is 0.234. The molecule has 38 heavy (non-hydrogen) atoms. The molecule has 4 rings (SSSR count). The first-order chi connectivity index (χ1) is 18.1. The average molecular weight is 520 g/mol. The number of rotatable bonds is 11. The number of ether oxygens (including phenoxy) is 1. The van der Waals surface area contributed by atoms with Gasteiger partial charge in [0.2, 0.25) is 0 Å². The Kier molecular flexibility index (Phi) is 10.5. The molecule has 2 atom stereocenters. The van der Waals surface area contributed by atoms with Crippen LogP contribution in [-0.2, 0) is 16.0 Å². The van der Waals surface area contributed by atoms with Gasteiger partial charge in [0, 0.05) is 18.2 Å². The van der Waals surface area contributed by atoms with Crippen molar-refractivity contribution in [3.8, 4) is 5.75 Å². The summed E-state index contributed by atoms with van der Waals surface area (Å²) in [4.78, 5) is 9.51. The largest absolute Gasteiger partial charge is 0.508 e. The van der Waals surface area contributed by atoms with Crippen molar-refractivity contribution in [2.45, 2.75) is 64.7 Å². The average Bonchev–Trinajstić information content (AvgIpc) is 3.70. The number of aliphatic carboxylic acids is 1. The monoisotopic (exact) mass is 519 g/mol. The molecule has 4 N–H and O–H groups in total. The number of β-amino-alcohol motifs (C(OH)–C–C–N with tert-alkyl or cyclic N) is 1. The molecule has 6 heteroatoms. The first kappa shape index (κ1) is 29.4. The van der Waals surface area contributed by atoms with Gasteiger partial charge in [-0.2, -0.15) is 0 Å². The maximum absolute atomic E-state index is 10.6. The van der Waals surface area contributed by atoms with Crippen LogP contribution in [0.25, 0.3) is 10.8 Å². The minimum atomic E-state index is -0.891. The van der Waals surface area contributed by atoms with Gasteiger partial charge in [-0.3, -0.25) is 0 Å². The van der Waals surface area contributed by atoms with Gasteiger partial charge in [-0.25, -0.2) is 4.79 Å². The third-order valence-corrected chi connectivity index (χ3v) is 6.67. The Hall–Kier alpha value is -3.19. The number of benzene rings is 3. The molecular weight excluding hydrogens is 478 g/mol. The zero-order valence-electron chi connectivity index (χ0n) is 22.9. The number of fused-ring (bicyclic) bond motifs is 1. The Morgan fingerprint density at radius 2 is 1.79 bits per heavy atom. The minimum Gasteiger partial charge on any atom is -0.508 e. The van der Waals surface area contributed by atoms with Gasteiger partial charge >= 0.3 is 5.97 Å². The van der Waals surface area contributed by atoms with Crippen LogP contribution in [0.15, 0.2) is 72.8 Å². The molecule has 6 nitrogen and oxygen atoms in total. The number of hydrogen-bond donors (Lipinski definition) is 4. The summed E-state index contributed by atoms with van der Waals surface area (Å²) in [7, 11) is 0. The van der Waals surface area contributed by atoms with Crippen LogP contribution in [0.3, 0.4) is 0 Å². The Morgan fingerprint density at radius 3 is 2.42 bits per heavy atom. The number of carbonyl (C=O) groups is 1. The fourth-order valence-corrected chi connectivity index (χ4v) is 4.56. The zero-order chi connectivity index (χ0) is 27.7. The van der Waals surface area contributed by atoms with Crippen LogP contribution < -0.4 is 5.32 Å². The van der Waals surface area contributed by atoms with Gasteiger partial charge in [-0.1, -0.05) is 54.6 Å². The number of aromatic hydroxyl groups is 1. The minimum absolute atomic E-state index is 0.0795. The number of nitrogens with one attached hydrogen (secondary N) is 1. The first-order valence-corrected chi connectivity index (χ1v) is 13.3. The molecule has 3 aromatic carbocycles. The third-order valence-electron chi connectivity index (χ3n) is 6.67. The topological polar surface area (TPSA) is 99.0 Å². The van der Waals surface area contributed by atoms with Crippen molar-refractivity contribution in [1.82, 2.24) is 5.32 Å². The Labute approximate surface area is 226 Å². The molecule has 0 unspecified atom stereocenters. The molecule has 0 amide bonds. The maximum Gasteiger partial charge on any atom is 0.327 e. The molecule has 0 aliphatic heterocycles. The summed E-state index contributed by atoms with van der Waals surface area (Å²) in [6.07, 6.45) is 5.32.